The predicted octanol–water partition coefficient (Wildman–Crippen LogP) is 4.42. The molecule has 0 bridgehead atoms. The molecule has 32 heavy (non-hydrogen) atoms. The number of hydrogen-bond donors (Lipinski definition) is 1. The Kier molecular flexibility index (Phi) is 7.12. The molecule has 1 fully saturated rings. The maximum absolute atomic E-state index is 13.2. The van der Waals surface area contributed by atoms with Gasteiger partial charge in [0.05, 0.1) is 5.41 Å². The van der Waals surface area contributed by atoms with E-state index < -0.39 is 23.0 Å². The molecular formula is C24H30F3N3O2. The first kappa shape index (κ1) is 24.0. The van der Waals surface area contributed by atoms with Gasteiger partial charge >= 0.3 is 6.18 Å². The van der Waals surface area contributed by atoms with E-state index in [1.165, 1.54) is 23.4 Å². The van der Waals surface area contributed by atoms with Crippen LogP contribution in [0.3, 0.4) is 0 Å². The van der Waals surface area contributed by atoms with Crippen LogP contribution in [-0.2, 0) is 11.0 Å². The molecule has 1 amide bonds. The van der Waals surface area contributed by atoms with Crippen LogP contribution in [0.2, 0.25) is 0 Å². The maximum Gasteiger partial charge on any atom is 0.421 e. The van der Waals surface area contributed by atoms with Crippen LogP contribution in [0.5, 0.6) is 5.88 Å². The number of hydrogen-bond acceptors (Lipinski definition) is 4. The molecular weight excluding hydrogens is 419 g/mol. The molecule has 174 valence electrons. The van der Waals surface area contributed by atoms with Gasteiger partial charge in [0.2, 0.25) is 11.8 Å². The summed E-state index contributed by atoms with van der Waals surface area (Å²) in [5, 5.41) is 3.15. The molecule has 0 aliphatic carbocycles. The van der Waals surface area contributed by atoms with Crippen molar-refractivity contribution in [2.75, 3.05) is 26.7 Å². The van der Waals surface area contributed by atoms with Gasteiger partial charge in [-0.25, -0.2) is 4.98 Å². The van der Waals surface area contributed by atoms with E-state index in [0.29, 0.717) is 0 Å². The van der Waals surface area contributed by atoms with E-state index in [0.717, 1.165) is 25.6 Å². The van der Waals surface area contributed by atoms with Crippen LogP contribution in [0, 0.1) is 12.3 Å². The highest BCUT2D eigenvalue weighted by Crippen LogP contribution is 2.35. The third-order valence-corrected chi connectivity index (χ3v) is 5.98. The van der Waals surface area contributed by atoms with E-state index >= 15 is 0 Å². The summed E-state index contributed by atoms with van der Waals surface area (Å²) in [6.45, 7) is 6.83. The zero-order valence-corrected chi connectivity index (χ0v) is 18.9. The van der Waals surface area contributed by atoms with Crippen molar-refractivity contribution in [2.45, 2.75) is 45.3 Å². The standard InChI is InChI=1S/C24H30F3N3O2/c1-16-8-5-6-9-17(16)18-14-30(4)13-11-20(18)29-22(31)23(2,3)15-32-21-19(24(25,26)27)10-7-12-28-21/h5-10,12,18,20H,11,13-15H2,1-4H3,(H,29,31)/t18-,20+/m1/s1. The average Bonchev–Trinajstić information content (AvgIpc) is 2.73. The van der Waals surface area contributed by atoms with Gasteiger partial charge in [-0.1, -0.05) is 24.3 Å². The fourth-order valence-electron chi connectivity index (χ4n) is 4.01. The second-order valence-corrected chi connectivity index (χ2v) is 9.12. The van der Waals surface area contributed by atoms with Gasteiger partial charge in [-0.15, -0.1) is 0 Å². The molecule has 1 aliphatic heterocycles. The Hall–Kier alpha value is -2.61. The molecule has 1 aromatic carbocycles. The molecule has 2 heterocycles. The Balaban J connectivity index is 1.72. The zero-order chi connectivity index (χ0) is 23.5. The third kappa shape index (κ3) is 5.59. The third-order valence-electron chi connectivity index (χ3n) is 5.98. The highest BCUT2D eigenvalue weighted by Gasteiger charge is 2.38. The van der Waals surface area contributed by atoms with Gasteiger partial charge < -0.3 is 15.0 Å². The summed E-state index contributed by atoms with van der Waals surface area (Å²) in [6.07, 6.45) is -2.55. The molecule has 3 rings (SSSR count). The Morgan fingerprint density at radius 2 is 1.94 bits per heavy atom. The second kappa shape index (κ2) is 9.48. The number of halogens is 3. The quantitative estimate of drug-likeness (QED) is 0.710. The molecule has 1 N–H and O–H groups in total. The Bertz CT molecular complexity index is 946. The van der Waals surface area contributed by atoms with Crippen molar-refractivity contribution in [3.63, 3.8) is 0 Å². The smallest absolute Gasteiger partial charge is 0.421 e. The molecule has 1 aromatic heterocycles. The lowest BCUT2D eigenvalue weighted by atomic mass is 9.83. The number of piperidine rings is 1. The van der Waals surface area contributed by atoms with Crippen LogP contribution >= 0.6 is 0 Å². The summed E-state index contributed by atoms with van der Waals surface area (Å²) in [5.74, 6) is -0.642. The largest absolute Gasteiger partial charge is 0.476 e. The first-order chi connectivity index (χ1) is 15.0. The number of alkyl halides is 3. The number of aromatic nitrogens is 1. The minimum absolute atomic E-state index is 0.0698. The van der Waals surface area contributed by atoms with Crippen molar-refractivity contribution in [3.8, 4) is 5.88 Å². The van der Waals surface area contributed by atoms with Crippen molar-refractivity contribution >= 4 is 5.91 Å². The summed E-state index contributed by atoms with van der Waals surface area (Å²) in [7, 11) is 2.06. The number of aryl methyl sites for hydroxylation is 1. The van der Waals surface area contributed by atoms with E-state index in [1.54, 1.807) is 13.8 Å². The highest BCUT2D eigenvalue weighted by atomic mass is 19.4. The molecule has 5 nitrogen and oxygen atoms in total. The lowest BCUT2D eigenvalue weighted by Crippen LogP contribution is -2.52. The van der Waals surface area contributed by atoms with Crippen LogP contribution in [0.25, 0.3) is 0 Å². The van der Waals surface area contributed by atoms with Gasteiger partial charge in [0.1, 0.15) is 12.2 Å². The number of rotatable bonds is 6. The number of amides is 1. The molecule has 2 atom stereocenters. The fourth-order valence-corrected chi connectivity index (χ4v) is 4.01. The van der Waals surface area contributed by atoms with E-state index in [2.05, 4.69) is 41.3 Å². The minimum atomic E-state index is -4.58. The number of carbonyl (C=O) groups is 1. The fraction of sp³-hybridized carbons (Fsp3) is 0.500. The minimum Gasteiger partial charge on any atom is -0.476 e. The van der Waals surface area contributed by atoms with Crippen molar-refractivity contribution in [1.82, 2.24) is 15.2 Å². The van der Waals surface area contributed by atoms with Gasteiger partial charge in [-0.3, -0.25) is 4.79 Å². The first-order valence-electron chi connectivity index (χ1n) is 10.7. The summed E-state index contributed by atoms with van der Waals surface area (Å²) in [4.78, 5) is 19.1. The second-order valence-electron chi connectivity index (χ2n) is 9.12. The molecule has 1 aliphatic rings. The van der Waals surface area contributed by atoms with E-state index in [9.17, 15) is 18.0 Å². The monoisotopic (exact) mass is 449 g/mol. The van der Waals surface area contributed by atoms with Gasteiger partial charge in [-0.05, 0) is 64.0 Å². The number of ether oxygens (including phenoxy) is 1. The molecule has 0 unspecified atom stereocenters. The van der Waals surface area contributed by atoms with Gasteiger partial charge in [0.25, 0.3) is 0 Å². The summed E-state index contributed by atoms with van der Waals surface area (Å²) < 4.78 is 45.0. The molecule has 8 heteroatoms. The van der Waals surface area contributed by atoms with Crippen molar-refractivity contribution < 1.29 is 22.7 Å². The summed E-state index contributed by atoms with van der Waals surface area (Å²) in [6, 6.07) is 10.2. The predicted molar refractivity (Wildman–Crippen MR) is 116 cm³/mol. The topological polar surface area (TPSA) is 54.5 Å². The Labute approximate surface area is 187 Å². The number of nitrogens with one attached hydrogen (secondary N) is 1. The number of nitrogens with zero attached hydrogens (tertiary/aromatic N) is 2. The number of pyridine rings is 1. The molecule has 0 spiro atoms. The lowest BCUT2D eigenvalue weighted by molar-refractivity contribution is -0.139. The zero-order valence-electron chi connectivity index (χ0n) is 18.9. The van der Waals surface area contributed by atoms with Crippen LogP contribution < -0.4 is 10.1 Å². The molecule has 2 aromatic rings. The summed E-state index contributed by atoms with van der Waals surface area (Å²) in [5.41, 5.74) is 0.373. The normalized spacial score (nSPS) is 20.1. The van der Waals surface area contributed by atoms with Crippen LogP contribution in [0.4, 0.5) is 13.2 Å². The van der Waals surface area contributed by atoms with Crippen LogP contribution in [0.1, 0.15) is 42.9 Å². The lowest BCUT2D eigenvalue weighted by Gasteiger charge is -2.39. The van der Waals surface area contributed by atoms with Gasteiger partial charge in [-0.2, -0.15) is 13.2 Å². The van der Waals surface area contributed by atoms with E-state index in [-0.39, 0.29) is 24.5 Å². The Morgan fingerprint density at radius 1 is 1.22 bits per heavy atom. The SMILES string of the molecule is Cc1ccccc1[C@H]1CN(C)CC[C@@H]1NC(=O)C(C)(C)COc1ncccc1C(F)(F)F. The van der Waals surface area contributed by atoms with Crippen LogP contribution in [0.15, 0.2) is 42.6 Å². The van der Waals surface area contributed by atoms with Crippen molar-refractivity contribution in [3.05, 3.63) is 59.3 Å². The molecule has 1 saturated heterocycles. The maximum atomic E-state index is 13.2. The van der Waals surface area contributed by atoms with Gasteiger partial charge in [0.15, 0.2) is 0 Å². The van der Waals surface area contributed by atoms with Crippen LogP contribution in [-0.4, -0.2) is 48.6 Å². The van der Waals surface area contributed by atoms with Crippen molar-refractivity contribution in [1.29, 1.82) is 0 Å². The van der Waals surface area contributed by atoms with E-state index in [4.69, 9.17) is 4.74 Å². The van der Waals surface area contributed by atoms with E-state index in [1.807, 2.05) is 12.1 Å². The number of carbonyl (C=O) groups excluding carboxylic acids is 1. The first-order valence-corrected chi connectivity index (χ1v) is 10.7. The average molecular weight is 450 g/mol. The molecule has 0 radical (unpaired) electrons. The number of likely N-dealkylation sites (tertiary alicyclic amines) is 1. The van der Waals surface area contributed by atoms with Crippen molar-refractivity contribution in [2.24, 2.45) is 5.41 Å². The van der Waals surface area contributed by atoms with Gasteiger partial charge in [0, 0.05) is 24.7 Å². The highest BCUT2D eigenvalue weighted by molar-refractivity contribution is 5.82. The Morgan fingerprint density at radius 3 is 2.62 bits per heavy atom. The number of likely N-dealkylation sites (N-methyl/N-ethyl adjacent to an activating group) is 1. The summed E-state index contributed by atoms with van der Waals surface area (Å²) >= 11 is 0. The number of benzene rings is 1. The molecule has 0 saturated carbocycles.